The number of nitrogens with one attached hydrogen (secondary N) is 1. The topological polar surface area (TPSA) is 92.4 Å². The van der Waals surface area contributed by atoms with E-state index in [2.05, 4.69) is 4.72 Å². The summed E-state index contributed by atoms with van der Waals surface area (Å²) in [6.07, 6.45) is 0. The van der Waals surface area contributed by atoms with Gasteiger partial charge in [-0.15, -0.1) is 0 Å². The highest BCUT2D eigenvalue weighted by Gasteiger charge is 2.16. The van der Waals surface area contributed by atoms with E-state index in [1.165, 1.54) is 18.2 Å². The van der Waals surface area contributed by atoms with E-state index in [-0.39, 0.29) is 10.6 Å². The number of hydrogen-bond acceptors (Lipinski definition) is 4. The highest BCUT2D eigenvalue weighted by molar-refractivity contribution is 7.92. The van der Waals surface area contributed by atoms with Crippen molar-refractivity contribution in [2.45, 2.75) is 18.7 Å². The van der Waals surface area contributed by atoms with E-state index in [4.69, 9.17) is 5.73 Å². The highest BCUT2D eigenvalue weighted by atomic mass is 32.2. The van der Waals surface area contributed by atoms with Gasteiger partial charge in [0.05, 0.1) is 10.6 Å². The van der Waals surface area contributed by atoms with Crippen molar-refractivity contribution in [3.63, 3.8) is 0 Å². The Bertz CT molecular complexity index is 732. The Morgan fingerprint density at radius 3 is 2.45 bits per heavy atom. The summed E-state index contributed by atoms with van der Waals surface area (Å²) in [5, 5.41) is 9.35. The van der Waals surface area contributed by atoms with E-state index in [1.807, 2.05) is 6.92 Å². The molecule has 0 radical (unpaired) electrons. The van der Waals surface area contributed by atoms with E-state index in [0.29, 0.717) is 11.4 Å². The SMILES string of the molecule is Cc1cc(S(=O)(=O)Nc2cccc(O)c2)cc(N)c1C. The van der Waals surface area contributed by atoms with Crippen molar-refractivity contribution in [1.29, 1.82) is 0 Å². The van der Waals surface area contributed by atoms with Crippen LogP contribution in [0.3, 0.4) is 0 Å². The number of hydrogen-bond donors (Lipinski definition) is 3. The molecule has 0 spiro atoms. The first kappa shape index (κ1) is 14.2. The number of nitrogen functional groups attached to an aromatic ring is 1. The third-order valence-corrected chi connectivity index (χ3v) is 4.45. The molecule has 0 atom stereocenters. The van der Waals surface area contributed by atoms with Crippen LogP contribution < -0.4 is 10.5 Å². The van der Waals surface area contributed by atoms with Crippen LogP contribution in [0.1, 0.15) is 11.1 Å². The Hall–Kier alpha value is -2.21. The standard InChI is InChI=1S/C14H16N2O3S/c1-9-6-13(8-14(15)10(9)2)20(18,19)16-11-4-3-5-12(17)7-11/h3-8,16-17H,15H2,1-2H3. The first-order valence-electron chi connectivity index (χ1n) is 5.98. The van der Waals surface area contributed by atoms with Gasteiger partial charge < -0.3 is 10.8 Å². The minimum atomic E-state index is -3.73. The van der Waals surface area contributed by atoms with Crippen LogP contribution in [0.5, 0.6) is 5.75 Å². The molecule has 0 bridgehead atoms. The number of sulfonamides is 1. The van der Waals surface area contributed by atoms with Gasteiger partial charge in [0.25, 0.3) is 10.0 Å². The van der Waals surface area contributed by atoms with Gasteiger partial charge in [-0.1, -0.05) is 6.07 Å². The molecule has 0 amide bonds. The molecule has 2 aromatic carbocycles. The van der Waals surface area contributed by atoms with Crippen LogP contribution in [0.2, 0.25) is 0 Å². The zero-order valence-corrected chi connectivity index (χ0v) is 12.0. The predicted molar refractivity (Wildman–Crippen MR) is 79.2 cm³/mol. The number of anilines is 2. The van der Waals surface area contributed by atoms with E-state index in [1.54, 1.807) is 25.1 Å². The van der Waals surface area contributed by atoms with Gasteiger partial charge in [0, 0.05) is 11.8 Å². The Morgan fingerprint density at radius 1 is 1.15 bits per heavy atom. The number of aryl methyl sites for hydroxylation is 1. The van der Waals surface area contributed by atoms with Crippen LogP contribution in [0.4, 0.5) is 11.4 Å². The summed E-state index contributed by atoms with van der Waals surface area (Å²) in [5.74, 6) is -0.00944. The fourth-order valence-electron chi connectivity index (χ4n) is 1.79. The van der Waals surface area contributed by atoms with Crippen molar-refractivity contribution in [1.82, 2.24) is 0 Å². The third kappa shape index (κ3) is 2.85. The monoisotopic (exact) mass is 292 g/mol. The van der Waals surface area contributed by atoms with Gasteiger partial charge in [0.15, 0.2) is 0 Å². The smallest absolute Gasteiger partial charge is 0.261 e. The lowest BCUT2D eigenvalue weighted by Crippen LogP contribution is -2.13. The molecule has 2 rings (SSSR count). The van der Waals surface area contributed by atoms with Gasteiger partial charge in [-0.3, -0.25) is 4.72 Å². The van der Waals surface area contributed by atoms with Gasteiger partial charge in [0.2, 0.25) is 0 Å². The average molecular weight is 292 g/mol. The number of nitrogens with two attached hydrogens (primary N) is 1. The molecule has 6 heteroatoms. The van der Waals surface area contributed by atoms with Crippen molar-refractivity contribution < 1.29 is 13.5 Å². The fourth-order valence-corrected chi connectivity index (χ4v) is 2.96. The summed E-state index contributed by atoms with van der Waals surface area (Å²) >= 11 is 0. The molecule has 0 saturated heterocycles. The summed E-state index contributed by atoms with van der Waals surface area (Å²) in [6, 6.07) is 8.90. The molecule has 0 aliphatic carbocycles. The number of benzene rings is 2. The Balaban J connectivity index is 2.41. The molecular weight excluding hydrogens is 276 g/mol. The van der Waals surface area contributed by atoms with Crippen molar-refractivity contribution in [2.75, 3.05) is 10.5 Å². The van der Waals surface area contributed by atoms with Crippen LogP contribution >= 0.6 is 0 Å². The number of phenols is 1. The van der Waals surface area contributed by atoms with E-state index in [0.717, 1.165) is 11.1 Å². The van der Waals surface area contributed by atoms with E-state index < -0.39 is 10.0 Å². The minimum absolute atomic E-state index is 0.00944. The summed E-state index contributed by atoms with van der Waals surface area (Å²) in [6.45, 7) is 3.64. The first-order chi connectivity index (χ1) is 9.29. The second kappa shape index (κ2) is 5.05. The second-order valence-corrected chi connectivity index (χ2v) is 6.29. The predicted octanol–water partition coefficient (Wildman–Crippen LogP) is 2.39. The molecule has 106 valence electrons. The molecular formula is C14H16N2O3S. The lowest BCUT2D eigenvalue weighted by Gasteiger charge is -2.11. The number of rotatable bonds is 3. The molecule has 0 aliphatic heterocycles. The summed E-state index contributed by atoms with van der Waals surface area (Å²) in [7, 11) is -3.73. The lowest BCUT2D eigenvalue weighted by atomic mass is 10.1. The molecule has 0 heterocycles. The van der Waals surface area contributed by atoms with Crippen LogP contribution in [0, 0.1) is 13.8 Å². The Kier molecular flexibility index (Phi) is 3.59. The molecule has 20 heavy (non-hydrogen) atoms. The van der Waals surface area contributed by atoms with Crippen LogP contribution in [-0.4, -0.2) is 13.5 Å². The largest absolute Gasteiger partial charge is 0.508 e. The molecule has 5 nitrogen and oxygen atoms in total. The molecule has 0 unspecified atom stereocenters. The van der Waals surface area contributed by atoms with Gasteiger partial charge in [-0.2, -0.15) is 0 Å². The van der Waals surface area contributed by atoms with Crippen LogP contribution in [0.15, 0.2) is 41.3 Å². The molecule has 0 saturated carbocycles. The van der Waals surface area contributed by atoms with Gasteiger partial charge in [-0.25, -0.2) is 8.42 Å². The second-order valence-electron chi connectivity index (χ2n) is 4.61. The number of aromatic hydroxyl groups is 1. The van der Waals surface area contributed by atoms with E-state index >= 15 is 0 Å². The van der Waals surface area contributed by atoms with Crippen molar-refractivity contribution in [3.05, 3.63) is 47.5 Å². The van der Waals surface area contributed by atoms with Crippen LogP contribution in [-0.2, 0) is 10.0 Å². The summed E-state index contributed by atoms with van der Waals surface area (Å²) < 4.78 is 27.0. The van der Waals surface area contributed by atoms with Crippen molar-refractivity contribution in [2.24, 2.45) is 0 Å². The molecule has 2 aromatic rings. The first-order valence-corrected chi connectivity index (χ1v) is 7.46. The maximum absolute atomic E-state index is 12.3. The number of phenolic OH excluding ortho intramolecular Hbond substituents is 1. The fraction of sp³-hybridized carbons (Fsp3) is 0.143. The average Bonchev–Trinajstić information content (AvgIpc) is 2.34. The van der Waals surface area contributed by atoms with Gasteiger partial charge in [-0.05, 0) is 49.2 Å². The summed E-state index contributed by atoms with van der Waals surface area (Å²) in [4.78, 5) is 0.0986. The van der Waals surface area contributed by atoms with Crippen LogP contribution in [0.25, 0.3) is 0 Å². The molecule has 0 aromatic heterocycles. The quantitative estimate of drug-likeness (QED) is 0.757. The van der Waals surface area contributed by atoms with Gasteiger partial charge >= 0.3 is 0 Å². The zero-order valence-electron chi connectivity index (χ0n) is 11.2. The minimum Gasteiger partial charge on any atom is -0.508 e. The van der Waals surface area contributed by atoms with E-state index in [9.17, 15) is 13.5 Å². The summed E-state index contributed by atoms with van der Waals surface area (Å²) in [5.41, 5.74) is 8.20. The van der Waals surface area contributed by atoms with Crippen molar-refractivity contribution >= 4 is 21.4 Å². The third-order valence-electron chi connectivity index (χ3n) is 3.09. The normalized spacial score (nSPS) is 11.3. The highest BCUT2D eigenvalue weighted by Crippen LogP contribution is 2.24. The Labute approximate surface area is 118 Å². The molecule has 4 N–H and O–H groups in total. The Morgan fingerprint density at radius 2 is 1.85 bits per heavy atom. The van der Waals surface area contributed by atoms with Gasteiger partial charge in [0.1, 0.15) is 5.75 Å². The molecule has 0 aliphatic rings. The lowest BCUT2D eigenvalue weighted by molar-refractivity contribution is 0.475. The zero-order chi connectivity index (χ0) is 14.9. The molecule has 0 fully saturated rings. The van der Waals surface area contributed by atoms with Crippen molar-refractivity contribution in [3.8, 4) is 5.75 Å². The maximum Gasteiger partial charge on any atom is 0.261 e. The maximum atomic E-state index is 12.3.